The lowest BCUT2D eigenvalue weighted by molar-refractivity contribution is -0.138. The van der Waals surface area contributed by atoms with Crippen molar-refractivity contribution >= 4 is 52.2 Å². The van der Waals surface area contributed by atoms with Gasteiger partial charge in [0, 0.05) is 22.4 Å². The molecule has 5 aromatic rings. The summed E-state index contributed by atoms with van der Waals surface area (Å²) in [5, 5.41) is 0. The molecule has 236 valence electrons. The van der Waals surface area contributed by atoms with Crippen molar-refractivity contribution in [2.75, 3.05) is 18.6 Å². The van der Waals surface area contributed by atoms with E-state index in [1.807, 2.05) is 92.7 Å². The van der Waals surface area contributed by atoms with Crippen molar-refractivity contribution in [3.8, 4) is 5.75 Å². The molecular formula is C38H33N3O4S2. The molecule has 47 heavy (non-hydrogen) atoms. The average Bonchev–Trinajstić information content (AvgIpc) is 3.38. The SMILES string of the molecule is CCOC(=O)C1=C(c2ccccc2)N=c2s/c(=C\c3ccc4c(c3)Sc3ccccc3N4C)c(=O)n2[C@@H]1c1ccc(OC(C)C)cc1. The van der Waals surface area contributed by atoms with E-state index in [2.05, 4.69) is 36.2 Å². The maximum absolute atomic E-state index is 14.4. The van der Waals surface area contributed by atoms with Crippen LogP contribution in [0.1, 0.15) is 43.5 Å². The number of hydrogen-bond donors (Lipinski definition) is 0. The largest absolute Gasteiger partial charge is 0.491 e. The molecule has 0 saturated heterocycles. The quantitative estimate of drug-likeness (QED) is 0.176. The van der Waals surface area contributed by atoms with Crippen molar-refractivity contribution in [2.24, 2.45) is 4.99 Å². The van der Waals surface area contributed by atoms with E-state index < -0.39 is 12.0 Å². The molecule has 0 radical (unpaired) electrons. The predicted octanol–water partition coefficient (Wildman–Crippen LogP) is 6.96. The Morgan fingerprint density at radius 3 is 2.40 bits per heavy atom. The Morgan fingerprint density at radius 1 is 0.936 bits per heavy atom. The van der Waals surface area contributed by atoms with E-state index in [0.717, 1.165) is 27.3 Å². The monoisotopic (exact) mass is 659 g/mol. The molecule has 7 rings (SSSR count). The van der Waals surface area contributed by atoms with Gasteiger partial charge in [0.05, 0.1) is 45.9 Å². The van der Waals surface area contributed by atoms with Gasteiger partial charge in [0.25, 0.3) is 5.56 Å². The highest BCUT2D eigenvalue weighted by atomic mass is 32.2. The Balaban J connectivity index is 1.40. The van der Waals surface area contributed by atoms with Crippen LogP contribution in [0.15, 0.2) is 122 Å². The normalized spacial score (nSPS) is 15.6. The minimum atomic E-state index is -0.750. The van der Waals surface area contributed by atoms with Crippen molar-refractivity contribution in [1.29, 1.82) is 0 Å². The van der Waals surface area contributed by atoms with Gasteiger partial charge >= 0.3 is 5.97 Å². The Hall–Kier alpha value is -4.86. The molecule has 1 aromatic heterocycles. The van der Waals surface area contributed by atoms with E-state index in [-0.39, 0.29) is 18.3 Å². The van der Waals surface area contributed by atoms with Crippen molar-refractivity contribution in [3.05, 3.63) is 139 Å². The van der Waals surface area contributed by atoms with Crippen LogP contribution < -0.4 is 24.5 Å². The highest BCUT2D eigenvalue weighted by Crippen LogP contribution is 2.47. The van der Waals surface area contributed by atoms with Crippen LogP contribution in [0.3, 0.4) is 0 Å². The molecule has 1 atom stereocenters. The number of thiazole rings is 1. The van der Waals surface area contributed by atoms with Gasteiger partial charge in [-0.1, -0.05) is 83.8 Å². The molecule has 2 aliphatic rings. The minimum Gasteiger partial charge on any atom is -0.491 e. The zero-order valence-corrected chi connectivity index (χ0v) is 28.1. The summed E-state index contributed by atoms with van der Waals surface area (Å²) in [5.41, 5.74) is 5.32. The van der Waals surface area contributed by atoms with Gasteiger partial charge < -0.3 is 14.4 Å². The van der Waals surface area contributed by atoms with E-state index in [4.69, 9.17) is 14.5 Å². The third kappa shape index (κ3) is 5.81. The van der Waals surface area contributed by atoms with Gasteiger partial charge in [-0.15, -0.1) is 0 Å². The summed E-state index contributed by atoms with van der Waals surface area (Å²) in [7, 11) is 2.07. The summed E-state index contributed by atoms with van der Waals surface area (Å²) in [6.07, 6.45) is 1.92. The first-order chi connectivity index (χ1) is 22.8. The zero-order valence-electron chi connectivity index (χ0n) is 26.5. The van der Waals surface area contributed by atoms with Crippen molar-refractivity contribution in [3.63, 3.8) is 0 Å². The van der Waals surface area contributed by atoms with Crippen LogP contribution in [0.2, 0.25) is 0 Å². The van der Waals surface area contributed by atoms with Gasteiger partial charge in [0.15, 0.2) is 4.80 Å². The molecule has 7 nitrogen and oxygen atoms in total. The lowest BCUT2D eigenvalue weighted by Crippen LogP contribution is -2.40. The van der Waals surface area contributed by atoms with E-state index in [1.54, 1.807) is 23.3 Å². The number of aromatic nitrogens is 1. The van der Waals surface area contributed by atoms with Crippen LogP contribution in [-0.2, 0) is 9.53 Å². The third-order valence-corrected chi connectivity index (χ3v) is 10.1. The first-order valence-corrected chi connectivity index (χ1v) is 17.2. The van der Waals surface area contributed by atoms with Crippen molar-refractivity contribution in [2.45, 2.75) is 42.7 Å². The molecule has 0 amide bonds. The number of nitrogens with zero attached hydrogens (tertiary/aromatic N) is 3. The van der Waals surface area contributed by atoms with Crippen molar-refractivity contribution in [1.82, 2.24) is 4.57 Å². The fourth-order valence-corrected chi connectivity index (χ4v) is 8.15. The van der Waals surface area contributed by atoms with E-state index in [1.165, 1.54) is 21.9 Å². The molecule has 0 saturated carbocycles. The number of ether oxygens (including phenoxy) is 2. The van der Waals surface area contributed by atoms with Crippen LogP contribution in [0.4, 0.5) is 11.4 Å². The summed E-state index contributed by atoms with van der Waals surface area (Å²) in [6.45, 7) is 5.91. The van der Waals surface area contributed by atoms with Crippen molar-refractivity contribution < 1.29 is 14.3 Å². The summed E-state index contributed by atoms with van der Waals surface area (Å²) < 4.78 is 13.6. The van der Waals surface area contributed by atoms with Gasteiger partial charge in [-0.2, -0.15) is 0 Å². The molecule has 0 aliphatic carbocycles. The topological polar surface area (TPSA) is 73.1 Å². The number of benzene rings is 4. The fourth-order valence-electron chi connectivity index (χ4n) is 5.96. The van der Waals surface area contributed by atoms with Gasteiger partial charge in [0.1, 0.15) is 5.75 Å². The number of carbonyl (C=O) groups is 1. The Bertz CT molecular complexity index is 2200. The van der Waals surface area contributed by atoms with Crippen LogP contribution in [0.5, 0.6) is 5.75 Å². The van der Waals surface area contributed by atoms with Crippen LogP contribution in [-0.4, -0.2) is 30.3 Å². The predicted molar refractivity (Wildman–Crippen MR) is 188 cm³/mol. The van der Waals surface area contributed by atoms with Gasteiger partial charge in [-0.05, 0) is 74.4 Å². The lowest BCUT2D eigenvalue weighted by atomic mass is 9.93. The highest BCUT2D eigenvalue weighted by molar-refractivity contribution is 7.99. The van der Waals surface area contributed by atoms with E-state index >= 15 is 0 Å². The lowest BCUT2D eigenvalue weighted by Gasteiger charge is -2.29. The zero-order chi connectivity index (χ0) is 32.7. The highest BCUT2D eigenvalue weighted by Gasteiger charge is 2.35. The Labute approximate surface area is 281 Å². The standard InChI is InChI=1S/C38H33N3O4S2/c1-5-44-37(43)33-34(25-11-7-6-8-12-25)39-38-41(35(33)26-16-18-27(19-17-26)45-23(2)3)36(42)32(47-38)22-24-15-20-29-31(21-24)46-30-14-10-9-13-28(30)40(29)4/h6-23,35H,5H2,1-4H3/b32-22-/t35-/m1/s1. The first-order valence-electron chi connectivity index (χ1n) is 15.5. The van der Waals surface area contributed by atoms with Crippen LogP contribution in [0.25, 0.3) is 11.8 Å². The molecule has 2 aliphatic heterocycles. The molecule has 9 heteroatoms. The number of hydrogen-bond acceptors (Lipinski definition) is 8. The van der Waals surface area contributed by atoms with Gasteiger partial charge in [-0.25, -0.2) is 9.79 Å². The molecule has 0 bridgehead atoms. The number of rotatable bonds is 7. The molecule has 0 fully saturated rings. The smallest absolute Gasteiger partial charge is 0.338 e. The maximum Gasteiger partial charge on any atom is 0.338 e. The number of esters is 1. The van der Waals surface area contributed by atoms with Gasteiger partial charge in [0.2, 0.25) is 0 Å². The van der Waals surface area contributed by atoms with Crippen LogP contribution in [0, 0.1) is 0 Å². The summed E-state index contributed by atoms with van der Waals surface area (Å²) >= 11 is 3.04. The summed E-state index contributed by atoms with van der Waals surface area (Å²) in [6, 6.07) is 31.0. The molecule has 0 unspecified atom stereocenters. The first kappa shape index (κ1) is 30.8. The molecule has 0 spiro atoms. The molecule has 3 heterocycles. The second-order valence-corrected chi connectivity index (χ2v) is 13.6. The fraction of sp³-hybridized carbons (Fsp3) is 0.184. The second kappa shape index (κ2) is 12.7. The average molecular weight is 660 g/mol. The van der Waals surface area contributed by atoms with E-state index in [9.17, 15) is 9.59 Å². The Kier molecular flexibility index (Phi) is 8.34. The number of anilines is 2. The number of fused-ring (bicyclic) bond motifs is 3. The number of para-hydroxylation sites is 1. The van der Waals surface area contributed by atoms with E-state index in [0.29, 0.717) is 26.4 Å². The third-order valence-electron chi connectivity index (χ3n) is 8.03. The minimum absolute atomic E-state index is 0.00957. The molecule has 4 aromatic carbocycles. The summed E-state index contributed by atoms with van der Waals surface area (Å²) in [5.74, 6) is 0.202. The van der Waals surface area contributed by atoms with Crippen LogP contribution >= 0.6 is 23.1 Å². The van der Waals surface area contributed by atoms with Gasteiger partial charge in [-0.3, -0.25) is 9.36 Å². The molecular weight excluding hydrogens is 627 g/mol. The maximum atomic E-state index is 14.4. The summed E-state index contributed by atoms with van der Waals surface area (Å²) in [4.78, 5) is 38.1. The second-order valence-electron chi connectivity index (χ2n) is 11.5. The molecule has 0 N–H and O–H groups in total. The Morgan fingerprint density at radius 2 is 1.66 bits per heavy atom. The number of carbonyl (C=O) groups excluding carboxylic acids is 1.